The molecular weight excluding hydrogens is 272 g/mol. The van der Waals surface area contributed by atoms with Gasteiger partial charge in [0, 0.05) is 19.1 Å². The van der Waals surface area contributed by atoms with Gasteiger partial charge in [0.15, 0.2) is 5.65 Å². The molecule has 5 N–H and O–H groups in total. The highest BCUT2D eigenvalue weighted by Gasteiger charge is 2.33. The lowest BCUT2D eigenvalue weighted by atomic mass is 10.2. The van der Waals surface area contributed by atoms with Crippen LogP contribution in [0.5, 0.6) is 0 Å². The van der Waals surface area contributed by atoms with Crippen molar-refractivity contribution in [1.29, 1.82) is 0 Å². The predicted molar refractivity (Wildman–Crippen MR) is 79.8 cm³/mol. The Morgan fingerprint density at radius 2 is 2.33 bits per heavy atom. The fourth-order valence-corrected chi connectivity index (χ4v) is 2.85. The lowest BCUT2D eigenvalue weighted by Gasteiger charge is -2.28. The van der Waals surface area contributed by atoms with Crippen LogP contribution in [-0.4, -0.2) is 69.5 Å². The number of aromatic amines is 1. The van der Waals surface area contributed by atoms with E-state index in [-0.39, 0.29) is 12.1 Å². The van der Waals surface area contributed by atoms with Crippen LogP contribution in [-0.2, 0) is 0 Å². The van der Waals surface area contributed by atoms with Gasteiger partial charge in [-0.3, -0.25) is 10.5 Å². The van der Waals surface area contributed by atoms with Gasteiger partial charge in [-0.2, -0.15) is 15.1 Å². The first-order valence-electron chi connectivity index (χ1n) is 6.85. The molecule has 0 saturated carbocycles. The number of H-pyrrole nitrogens is 1. The van der Waals surface area contributed by atoms with Gasteiger partial charge in [-0.1, -0.05) is 0 Å². The normalized spacial score (nSPS) is 22.4. The van der Waals surface area contributed by atoms with Crippen LogP contribution in [0.1, 0.15) is 6.42 Å². The molecular formula is C12H20N8O. The van der Waals surface area contributed by atoms with Crippen molar-refractivity contribution in [3.8, 4) is 0 Å². The molecule has 9 heteroatoms. The Morgan fingerprint density at radius 1 is 1.52 bits per heavy atom. The number of β-amino-alcohol motifs (C(OH)–C–C–N with tert-alkyl or cyclic N) is 1. The molecule has 3 rings (SSSR count). The van der Waals surface area contributed by atoms with E-state index in [9.17, 15) is 5.11 Å². The molecule has 21 heavy (non-hydrogen) atoms. The fourth-order valence-electron chi connectivity index (χ4n) is 2.85. The number of hydrogen-bond donors (Lipinski definition) is 4. The third-order valence-corrected chi connectivity index (χ3v) is 3.66. The quantitative estimate of drug-likeness (QED) is 0.424. The first-order chi connectivity index (χ1) is 10.1. The summed E-state index contributed by atoms with van der Waals surface area (Å²) in [6.07, 6.45) is 2.05. The van der Waals surface area contributed by atoms with Gasteiger partial charge in [0.05, 0.1) is 17.7 Å². The molecule has 3 heterocycles. The Morgan fingerprint density at radius 3 is 3.05 bits per heavy atom. The zero-order chi connectivity index (χ0) is 15.0. The first-order valence-corrected chi connectivity index (χ1v) is 6.85. The minimum Gasteiger partial charge on any atom is -0.391 e. The lowest BCUT2D eigenvalue weighted by molar-refractivity contribution is 0.191. The van der Waals surface area contributed by atoms with Gasteiger partial charge in [0.1, 0.15) is 5.82 Å². The van der Waals surface area contributed by atoms with Crippen LogP contribution < -0.4 is 16.2 Å². The van der Waals surface area contributed by atoms with Gasteiger partial charge in [-0.25, -0.2) is 5.84 Å². The second-order valence-corrected chi connectivity index (χ2v) is 5.61. The van der Waals surface area contributed by atoms with E-state index in [4.69, 9.17) is 5.84 Å². The van der Waals surface area contributed by atoms with Crippen molar-refractivity contribution in [3.63, 3.8) is 0 Å². The number of fused-ring (bicyclic) bond motifs is 1. The largest absolute Gasteiger partial charge is 0.391 e. The van der Waals surface area contributed by atoms with Crippen LogP contribution in [0.3, 0.4) is 0 Å². The van der Waals surface area contributed by atoms with Crippen LogP contribution in [0.15, 0.2) is 6.20 Å². The molecule has 2 atom stereocenters. The molecule has 0 radical (unpaired) electrons. The third kappa shape index (κ3) is 2.62. The van der Waals surface area contributed by atoms with Gasteiger partial charge in [-0.05, 0) is 20.5 Å². The van der Waals surface area contributed by atoms with E-state index in [1.54, 1.807) is 6.20 Å². The summed E-state index contributed by atoms with van der Waals surface area (Å²) in [7, 11) is 4.03. The Labute approximate surface area is 122 Å². The fraction of sp³-hybridized carbons (Fsp3) is 0.583. The second-order valence-electron chi connectivity index (χ2n) is 5.61. The number of aromatic nitrogens is 4. The van der Waals surface area contributed by atoms with Gasteiger partial charge >= 0.3 is 0 Å². The molecule has 1 aliphatic heterocycles. The standard InChI is InChI=1S/C12H20N8O/c1-19(2)5-7-3-8(21)6-20(7)11-9-4-14-18-10(9)15-12(16-11)17-13/h4,7-8,21H,3,5-6,13H2,1-2H3,(H2,14,15,16,17,18). The zero-order valence-corrected chi connectivity index (χ0v) is 12.1. The van der Waals surface area contributed by atoms with Crippen molar-refractivity contribution in [3.05, 3.63) is 6.20 Å². The Bertz CT molecular complexity index is 627. The average molecular weight is 292 g/mol. The Balaban J connectivity index is 2.03. The maximum Gasteiger partial charge on any atom is 0.241 e. The highest BCUT2D eigenvalue weighted by atomic mass is 16.3. The predicted octanol–water partition coefficient (Wildman–Crippen LogP) is -0.860. The van der Waals surface area contributed by atoms with Crippen LogP contribution in [0.4, 0.5) is 11.8 Å². The molecule has 0 bridgehead atoms. The number of hydrazine groups is 1. The molecule has 114 valence electrons. The highest BCUT2D eigenvalue weighted by molar-refractivity contribution is 5.87. The van der Waals surface area contributed by atoms with Crippen molar-refractivity contribution < 1.29 is 5.11 Å². The smallest absolute Gasteiger partial charge is 0.241 e. The second kappa shape index (κ2) is 5.43. The molecule has 2 aromatic heterocycles. The molecule has 2 unspecified atom stereocenters. The highest BCUT2D eigenvalue weighted by Crippen LogP contribution is 2.30. The third-order valence-electron chi connectivity index (χ3n) is 3.66. The Hall–Kier alpha value is -1.97. The van der Waals surface area contributed by atoms with Crippen molar-refractivity contribution in [2.24, 2.45) is 5.84 Å². The van der Waals surface area contributed by atoms with Gasteiger partial charge in [-0.15, -0.1) is 0 Å². The number of rotatable bonds is 4. The molecule has 2 aromatic rings. The van der Waals surface area contributed by atoms with Crippen molar-refractivity contribution in [2.45, 2.75) is 18.6 Å². The molecule has 9 nitrogen and oxygen atoms in total. The Kier molecular flexibility index (Phi) is 3.62. The van der Waals surface area contributed by atoms with E-state index >= 15 is 0 Å². The van der Waals surface area contributed by atoms with E-state index in [1.165, 1.54) is 0 Å². The molecule has 0 aromatic carbocycles. The summed E-state index contributed by atoms with van der Waals surface area (Å²) in [6, 6.07) is 0.189. The van der Waals surface area contributed by atoms with E-state index in [0.29, 0.717) is 24.6 Å². The number of aliphatic hydroxyl groups is 1. The number of nitrogens with two attached hydrogens (primary N) is 1. The SMILES string of the molecule is CN(C)CC1CC(O)CN1c1nc(NN)nc2[nH]ncc12. The zero-order valence-electron chi connectivity index (χ0n) is 12.1. The summed E-state index contributed by atoms with van der Waals surface area (Å²) >= 11 is 0. The average Bonchev–Trinajstić information content (AvgIpc) is 3.03. The molecule has 1 aliphatic rings. The summed E-state index contributed by atoms with van der Waals surface area (Å²) < 4.78 is 0. The summed E-state index contributed by atoms with van der Waals surface area (Å²) in [5.74, 6) is 6.50. The van der Waals surface area contributed by atoms with Gasteiger partial charge in [0.25, 0.3) is 0 Å². The van der Waals surface area contributed by atoms with E-state index in [0.717, 1.165) is 17.7 Å². The molecule has 0 spiro atoms. The maximum atomic E-state index is 10.0. The van der Waals surface area contributed by atoms with E-state index in [2.05, 4.69) is 35.4 Å². The van der Waals surface area contributed by atoms with Crippen molar-refractivity contribution >= 4 is 22.8 Å². The molecule has 0 amide bonds. The van der Waals surface area contributed by atoms with Crippen LogP contribution in [0, 0.1) is 0 Å². The maximum absolute atomic E-state index is 10.0. The van der Waals surface area contributed by atoms with Crippen molar-refractivity contribution in [1.82, 2.24) is 25.1 Å². The van der Waals surface area contributed by atoms with Gasteiger partial charge < -0.3 is 14.9 Å². The summed E-state index contributed by atoms with van der Waals surface area (Å²) in [5.41, 5.74) is 3.09. The minimum atomic E-state index is -0.360. The van der Waals surface area contributed by atoms with E-state index < -0.39 is 0 Å². The number of likely N-dealkylation sites (N-methyl/N-ethyl adjacent to an activating group) is 1. The van der Waals surface area contributed by atoms with Gasteiger partial charge in [0.2, 0.25) is 5.95 Å². The minimum absolute atomic E-state index is 0.189. The number of aliphatic hydroxyl groups excluding tert-OH is 1. The number of nitrogens with one attached hydrogen (secondary N) is 2. The number of nitrogen functional groups attached to an aromatic ring is 1. The number of hydrogen-bond acceptors (Lipinski definition) is 8. The summed E-state index contributed by atoms with van der Waals surface area (Å²) in [5, 5.41) is 17.7. The topological polar surface area (TPSA) is 119 Å². The molecule has 0 aliphatic carbocycles. The number of nitrogens with zero attached hydrogens (tertiary/aromatic N) is 5. The van der Waals surface area contributed by atoms with Crippen LogP contribution in [0.25, 0.3) is 11.0 Å². The van der Waals surface area contributed by atoms with Crippen LogP contribution >= 0.6 is 0 Å². The lowest BCUT2D eigenvalue weighted by Crippen LogP contribution is -2.38. The monoisotopic (exact) mass is 292 g/mol. The van der Waals surface area contributed by atoms with Crippen LogP contribution in [0.2, 0.25) is 0 Å². The summed E-state index contributed by atoms with van der Waals surface area (Å²) in [4.78, 5) is 12.9. The molecule has 1 fully saturated rings. The number of anilines is 2. The van der Waals surface area contributed by atoms with Crippen molar-refractivity contribution in [2.75, 3.05) is 37.5 Å². The molecule has 1 saturated heterocycles. The van der Waals surface area contributed by atoms with E-state index in [1.807, 2.05) is 14.1 Å². The summed E-state index contributed by atoms with van der Waals surface area (Å²) in [6.45, 7) is 1.38. The first kappa shape index (κ1) is 14.0.